The molecule has 0 aliphatic heterocycles. The summed E-state index contributed by atoms with van der Waals surface area (Å²) in [7, 11) is 0. The van der Waals surface area contributed by atoms with Crippen LogP contribution in [0.2, 0.25) is 0 Å². The molecular formula is C14H20FNO. The molecule has 17 heavy (non-hydrogen) atoms. The van der Waals surface area contributed by atoms with Gasteiger partial charge in [0.05, 0.1) is 0 Å². The SMILES string of the molecule is CC(C)(C)C(=O)C[C@H](N)Cc1ccccc1F. The van der Waals surface area contributed by atoms with Crippen molar-refractivity contribution in [1.29, 1.82) is 0 Å². The van der Waals surface area contributed by atoms with Crippen LogP contribution in [-0.4, -0.2) is 11.8 Å². The second-order valence-corrected chi connectivity index (χ2v) is 5.43. The lowest BCUT2D eigenvalue weighted by atomic mass is 9.86. The van der Waals surface area contributed by atoms with Crippen molar-refractivity contribution in [3.8, 4) is 0 Å². The van der Waals surface area contributed by atoms with Crippen LogP contribution in [0.3, 0.4) is 0 Å². The lowest BCUT2D eigenvalue weighted by Crippen LogP contribution is -2.31. The summed E-state index contributed by atoms with van der Waals surface area (Å²) < 4.78 is 13.4. The van der Waals surface area contributed by atoms with Crippen molar-refractivity contribution in [1.82, 2.24) is 0 Å². The molecule has 0 aliphatic carbocycles. The molecule has 1 aromatic rings. The molecule has 0 saturated carbocycles. The van der Waals surface area contributed by atoms with Crippen molar-refractivity contribution >= 4 is 5.78 Å². The molecule has 1 aromatic carbocycles. The van der Waals surface area contributed by atoms with Crippen LogP contribution in [0.15, 0.2) is 24.3 Å². The van der Waals surface area contributed by atoms with Crippen LogP contribution < -0.4 is 5.73 Å². The number of rotatable bonds is 4. The topological polar surface area (TPSA) is 43.1 Å². The first-order valence-electron chi connectivity index (χ1n) is 5.83. The van der Waals surface area contributed by atoms with E-state index in [-0.39, 0.29) is 29.5 Å². The van der Waals surface area contributed by atoms with E-state index in [1.807, 2.05) is 20.8 Å². The zero-order valence-corrected chi connectivity index (χ0v) is 10.7. The van der Waals surface area contributed by atoms with E-state index in [9.17, 15) is 9.18 Å². The highest BCUT2D eigenvalue weighted by atomic mass is 19.1. The molecule has 0 aromatic heterocycles. The predicted molar refractivity (Wildman–Crippen MR) is 67.2 cm³/mol. The molecule has 2 nitrogen and oxygen atoms in total. The minimum atomic E-state index is -0.382. The van der Waals surface area contributed by atoms with Crippen molar-refractivity contribution in [2.75, 3.05) is 0 Å². The molecule has 0 unspecified atom stereocenters. The number of hydrogen-bond donors (Lipinski definition) is 1. The maximum Gasteiger partial charge on any atom is 0.139 e. The first-order chi connectivity index (χ1) is 7.80. The number of nitrogens with two attached hydrogens (primary N) is 1. The maximum atomic E-state index is 13.4. The number of hydrogen-bond acceptors (Lipinski definition) is 2. The lowest BCUT2D eigenvalue weighted by Gasteiger charge is -2.19. The Labute approximate surface area is 102 Å². The van der Waals surface area contributed by atoms with Gasteiger partial charge in [0.1, 0.15) is 11.6 Å². The summed E-state index contributed by atoms with van der Waals surface area (Å²) in [5, 5.41) is 0. The van der Waals surface area contributed by atoms with E-state index < -0.39 is 0 Å². The summed E-state index contributed by atoms with van der Waals surface area (Å²) in [5.41, 5.74) is 6.07. The van der Waals surface area contributed by atoms with Crippen molar-refractivity contribution in [2.24, 2.45) is 11.1 Å². The zero-order chi connectivity index (χ0) is 13.1. The number of carbonyl (C=O) groups is 1. The fourth-order valence-electron chi connectivity index (χ4n) is 1.56. The molecule has 0 saturated heterocycles. The minimum Gasteiger partial charge on any atom is -0.327 e. The smallest absolute Gasteiger partial charge is 0.139 e. The molecule has 3 heteroatoms. The van der Waals surface area contributed by atoms with Gasteiger partial charge in [-0.05, 0) is 18.1 Å². The van der Waals surface area contributed by atoms with E-state index in [1.54, 1.807) is 18.2 Å². The van der Waals surface area contributed by atoms with Crippen LogP contribution in [-0.2, 0) is 11.2 Å². The molecule has 0 spiro atoms. The first kappa shape index (κ1) is 13.8. The predicted octanol–water partition coefficient (Wildman–Crippen LogP) is 2.70. The standard InChI is InChI=1S/C14H20FNO/c1-14(2,3)13(17)9-11(16)8-10-6-4-5-7-12(10)15/h4-7,11H,8-9,16H2,1-3H3/t11-/m1/s1. The maximum absolute atomic E-state index is 13.4. The highest BCUT2D eigenvalue weighted by Gasteiger charge is 2.23. The third-order valence-corrected chi connectivity index (χ3v) is 2.72. The van der Waals surface area contributed by atoms with Crippen molar-refractivity contribution in [2.45, 2.75) is 39.7 Å². The third-order valence-electron chi connectivity index (χ3n) is 2.72. The molecular weight excluding hydrogens is 217 g/mol. The van der Waals surface area contributed by atoms with Gasteiger partial charge in [-0.2, -0.15) is 0 Å². The van der Waals surface area contributed by atoms with Gasteiger partial charge in [0, 0.05) is 17.9 Å². The Morgan fingerprint density at radius 3 is 2.47 bits per heavy atom. The van der Waals surface area contributed by atoms with Gasteiger partial charge in [0.2, 0.25) is 0 Å². The molecule has 0 fully saturated rings. The van der Waals surface area contributed by atoms with Gasteiger partial charge in [-0.1, -0.05) is 39.0 Å². The number of halogens is 1. The quantitative estimate of drug-likeness (QED) is 0.875. The Morgan fingerprint density at radius 1 is 1.35 bits per heavy atom. The average molecular weight is 237 g/mol. The first-order valence-corrected chi connectivity index (χ1v) is 5.83. The van der Waals surface area contributed by atoms with Crippen LogP contribution >= 0.6 is 0 Å². The monoisotopic (exact) mass is 237 g/mol. The van der Waals surface area contributed by atoms with Crippen LogP contribution in [0.25, 0.3) is 0 Å². The van der Waals surface area contributed by atoms with Crippen LogP contribution in [0, 0.1) is 11.2 Å². The van der Waals surface area contributed by atoms with E-state index in [2.05, 4.69) is 0 Å². The number of benzene rings is 1. The molecule has 1 rings (SSSR count). The Morgan fingerprint density at radius 2 is 1.94 bits per heavy atom. The van der Waals surface area contributed by atoms with Crippen LogP contribution in [0.1, 0.15) is 32.8 Å². The molecule has 0 aliphatic rings. The minimum absolute atomic E-state index is 0.112. The van der Waals surface area contributed by atoms with Gasteiger partial charge in [-0.15, -0.1) is 0 Å². The average Bonchev–Trinajstić information content (AvgIpc) is 2.20. The van der Waals surface area contributed by atoms with E-state index in [4.69, 9.17) is 5.73 Å². The summed E-state index contributed by atoms with van der Waals surface area (Å²) in [6.07, 6.45) is 0.687. The zero-order valence-electron chi connectivity index (χ0n) is 10.7. The second kappa shape index (κ2) is 5.41. The van der Waals surface area contributed by atoms with Gasteiger partial charge in [0.15, 0.2) is 0 Å². The highest BCUT2D eigenvalue weighted by molar-refractivity contribution is 5.84. The van der Waals surface area contributed by atoms with E-state index in [0.717, 1.165) is 0 Å². The fraction of sp³-hybridized carbons (Fsp3) is 0.500. The Balaban J connectivity index is 2.59. The summed E-state index contributed by atoms with van der Waals surface area (Å²) >= 11 is 0. The number of Topliss-reactive ketones (excluding diaryl/α,β-unsaturated/α-hetero) is 1. The molecule has 0 radical (unpaired) electrons. The van der Waals surface area contributed by atoms with Crippen molar-refractivity contribution in [3.63, 3.8) is 0 Å². The molecule has 0 amide bonds. The molecule has 94 valence electrons. The second-order valence-electron chi connectivity index (χ2n) is 5.43. The molecule has 2 N–H and O–H groups in total. The highest BCUT2D eigenvalue weighted by Crippen LogP contribution is 2.18. The van der Waals surface area contributed by atoms with Gasteiger partial charge < -0.3 is 5.73 Å². The number of ketones is 1. The van der Waals surface area contributed by atoms with Gasteiger partial charge in [-0.25, -0.2) is 4.39 Å². The summed E-state index contributed by atoms with van der Waals surface area (Å²) in [6, 6.07) is 6.21. The fourth-order valence-corrected chi connectivity index (χ4v) is 1.56. The third kappa shape index (κ3) is 4.27. The molecule has 1 atom stereocenters. The van der Waals surface area contributed by atoms with Gasteiger partial charge in [-0.3, -0.25) is 4.79 Å². The Hall–Kier alpha value is -1.22. The summed E-state index contributed by atoms with van der Waals surface area (Å²) in [4.78, 5) is 11.8. The Kier molecular flexibility index (Phi) is 4.40. The summed E-state index contributed by atoms with van der Waals surface area (Å²) in [6.45, 7) is 5.60. The summed E-state index contributed by atoms with van der Waals surface area (Å²) in [5.74, 6) is -0.146. The number of carbonyl (C=O) groups excluding carboxylic acids is 1. The van der Waals surface area contributed by atoms with E-state index in [1.165, 1.54) is 6.07 Å². The largest absolute Gasteiger partial charge is 0.327 e. The van der Waals surface area contributed by atoms with E-state index in [0.29, 0.717) is 12.0 Å². The van der Waals surface area contributed by atoms with Gasteiger partial charge in [0.25, 0.3) is 0 Å². The van der Waals surface area contributed by atoms with Crippen LogP contribution in [0.5, 0.6) is 0 Å². The van der Waals surface area contributed by atoms with Crippen molar-refractivity contribution in [3.05, 3.63) is 35.6 Å². The van der Waals surface area contributed by atoms with Crippen LogP contribution in [0.4, 0.5) is 4.39 Å². The van der Waals surface area contributed by atoms with Gasteiger partial charge >= 0.3 is 0 Å². The normalized spacial score (nSPS) is 13.5. The molecule has 0 heterocycles. The molecule has 0 bridgehead atoms. The van der Waals surface area contributed by atoms with E-state index >= 15 is 0 Å². The lowest BCUT2D eigenvalue weighted by molar-refractivity contribution is -0.126. The Bertz CT molecular complexity index is 395. The van der Waals surface area contributed by atoms with Crippen molar-refractivity contribution < 1.29 is 9.18 Å².